The minimum atomic E-state index is -0.216. The maximum absolute atomic E-state index is 12.0. The van der Waals surface area contributed by atoms with Crippen molar-refractivity contribution in [3.63, 3.8) is 0 Å². The van der Waals surface area contributed by atoms with Crippen LogP contribution in [0.5, 0.6) is 5.75 Å². The summed E-state index contributed by atoms with van der Waals surface area (Å²) in [6, 6.07) is 12.5. The van der Waals surface area contributed by atoms with E-state index in [2.05, 4.69) is 33.9 Å². The van der Waals surface area contributed by atoms with Crippen LogP contribution >= 0.6 is 0 Å². The number of ether oxygens (including phenoxy) is 2. The Labute approximate surface area is 216 Å². The van der Waals surface area contributed by atoms with Crippen molar-refractivity contribution in [2.24, 2.45) is 0 Å². The number of hydrogen-bond acceptors (Lipinski definition) is 8. The number of pyridine rings is 1. The lowest BCUT2D eigenvalue weighted by atomic mass is 10.1. The summed E-state index contributed by atoms with van der Waals surface area (Å²) in [5.41, 5.74) is 1.95. The molecule has 3 aromatic heterocycles. The molecule has 9 nitrogen and oxygen atoms in total. The Morgan fingerprint density at radius 3 is 2.59 bits per heavy atom. The molecule has 0 saturated carbocycles. The van der Waals surface area contributed by atoms with Crippen molar-refractivity contribution in [1.82, 2.24) is 19.7 Å². The quantitative estimate of drug-likeness (QED) is 0.308. The van der Waals surface area contributed by atoms with E-state index in [1.54, 1.807) is 6.20 Å². The highest BCUT2D eigenvalue weighted by Gasteiger charge is 2.25. The number of esters is 1. The Kier molecular flexibility index (Phi) is 7.12. The van der Waals surface area contributed by atoms with Crippen LogP contribution in [-0.4, -0.2) is 51.0 Å². The Morgan fingerprint density at radius 2 is 1.92 bits per heavy atom. The number of aromatic nitrogens is 4. The first kappa shape index (κ1) is 24.8. The lowest BCUT2D eigenvalue weighted by Crippen LogP contribution is -2.38. The van der Waals surface area contributed by atoms with E-state index in [1.165, 1.54) is 0 Å². The average Bonchev–Trinajstić information content (AvgIpc) is 3.52. The molecule has 0 spiro atoms. The topological polar surface area (TPSA) is 95.5 Å². The molecule has 0 N–H and O–H groups in total. The van der Waals surface area contributed by atoms with Crippen molar-refractivity contribution in [2.45, 2.75) is 65.1 Å². The van der Waals surface area contributed by atoms with Gasteiger partial charge in [0.1, 0.15) is 17.7 Å². The summed E-state index contributed by atoms with van der Waals surface area (Å²) in [6.45, 7) is 9.43. The molecule has 1 aliphatic heterocycles. The highest BCUT2D eigenvalue weighted by molar-refractivity contribution is 5.84. The highest BCUT2D eigenvalue weighted by atomic mass is 16.5. The molecule has 0 aliphatic carbocycles. The zero-order valence-corrected chi connectivity index (χ0v) is 21.8. The SMILES string of the molecule is CC(C)OC(=O)Cc1ccc2c(ccn2-c2ccc(OC3CCN(c4nc(C(C)C)no4)CC3)cn2)c1. The number of carbonyl (C=O) groups excluding carboxylic acids is 1. The molecule has 1 aromatic carbocycles. The van der Waals surface area contributed by atoms with Gasteiger partial charge in [0.15, 0.2) is 5.82 Å². The van der Waals surface area contributed by atoms with Crippen LogP contribution < -0.4 is 9.64 Å². The van der Waals surface area contributed by atoms with Crippen molar-refractivity contribution in [2.75, 3.05) is 18.0 Å². The number of benzene rings is 1. The van der Waals surface area contributed by atoms with Gasteiger partial charge in [0.2, 0.25) is 0 Å². The van der Waals surface area contributed by atoms with Crippen molar-refractivity contribution in [3.05, 3.63) is 60.2 Å². The number of rotatable bonds is 8. The van der Waals surface area contributed by atoms with Gasteiger partial charge in [0, 0.05) is 43.4 Å². The van der Waals surface area contributed by atoms with Crippen LogP contribution in [0, 0.1) is 0 Å². The van der Waals surface area contributed by atoms with Crippen molar-refractivity contribution in [1.29, 1.82) is 0 Å². The van der Waals surface area contributed by atoms with Crippen LogP contribution in [0.2, 0.25) is 0 Å². The van der Waals surface area contributed by atoms with Crippen molar-refractivity contribution in [3.8, 4) is 11.6 Å². The molecule has 4 aromatic rings. The summed E-state index contributed by atoms with van der Waals surface area (Å²) in [7, 11) is 0. The fourth-order valence-electron chi connectivity index (χ4n) is 4.50. The van der Waals surface area contributed by atoms with E-state index in [4.69, 9.17) is 14.0 Å². The maximum Gasteiger partial charge on any atom is 0.324 e. The summed E-state index contributed by atoms with van der Waals surface area (Å²) < 4.78 is 18.9. The molecule has 37 heavy (non-hydrogen) atoms. The second-order valence-corrected chi connectivity index (χ2v) is 10.0. The van der Waals surface area contributed by atoms with Gasteiger partial charge < -0.3 is 23.5 Å². The molecule has 1 fully saturated rings. The zero-order valence-electron chi connectivity index (χ0n) is 21.8. The van der Waals surface area contributed by atoms with Gasteiger partial charge in [-0.2, -0.15) is 4.98 Å². The van der Waals surface area contributed by atoms with Crippen LogP contribution in [0.25, 0.3) is 16.7 Å². The molecule has 5 rings (SSSR count). The van der Waals surface area contributed by atoms with Gasteiger partial charge >= 0.3 is 12.0 Å². The van der Waals surface area contributed by atoms with E-state index in [0.717, 1.165) is 59.8 Å². The first-order chi connectivity index (χ1) is 17.9. The van der Waals surface area contributed by atoms with Crippen molar-refractivity contribution >= 4 is 22.9 Å². The number of fused-ring (bicyclic) bond motifs is 1. The normalized spacial score (nSPS) is 14.6. The molecule has 4 heterocycles. The first-order valence-electron chi connectivity index (χ1n) is 12.9. The van der Waals surface area contributed by atoms with Gasteiger partial charge in [0.25, 0.3) is 0 Å². The predicted molar refractivity (Wildman–Crippen MR) is 140 cm³/mol. The number of hydrogen-bond donors (Lipinski definition) is 0. The Morgan fingerprint density at radius 1 is 1.11 bits per heavy atom. The lowest BCUT2D eigenvalue weighted by Gasteiger charge is -2.30. The molecular formula is C28H33N5O4. The fraction of sp³-hybridized carbons (Fsp3) is 0.429. The summed E-state index contributed by atoms with van der Waals surface area (Å²) in [5, 5.41) is 5.11. The second-order valence-electron chi connectivity index (χ2n) is 10.0. The fourth-order valence-corrected chi connectivity index (χ4v) is 4.50. The van der Waals surface area contributed by atoms with Gasteiger partial charge in [0.05, 0.1) is 24.2 Å². The largest absolute Gasteiger partial charge is 0.489 e. The van der Waals surface area contributed by atoms with E-state index in [1.807, 2.05) is 61.0 Å². The molecular weight excluding hydrogens is 470 g/mol. The molecule has 1 aliphatic rings. The third-order valence-electron chi connectivity index (χ3n) is 6.40. The van der Waals surface area contributed by atoms with E-state index < -0.39 is 0 Å². The Bertz CT molecular complexity index is 1350. The van der Waals surface area contributed by atoms with E-state index in [9.17, 15) is 4.79 Å². The molecule has 0 radical (unpaired) electrons. The van der Waals surface area contributed by atoms with Gasteiger partial charge in [-0.1, -0.05) is 25.1 Å². The molecule has 194 valence electrons. The van der Waals surface area contributed by atoms with E-state index in [0.29, 0.717) is 6.01 Å². The van der Waals surface area contributed by atoms with Crippen LogP contribution in [0.15, 0.2) is 53.3 Å². The second kappa shape index (κ2) is 10.6. The van der Waals surface area contributed by atoms with Crippen LogP contribution in [0.4, 0.5) is 6.01 Å². The van der Waals surface area contributed by atoms with Crippen LogP contribution in [-0.2, 0) is 16.0 Å². The van der Waals surface area contributed by atoms with Gasteiger partial charge in [-0.25, -0.2) is 4.98 Å². The standard InChI is InChI=1S/C28H33N5O4/c1-18(2)27-30-28(37-31-27)32-12-10-22(11-13-32)36-23-6-8-25(29-17-23)33-14-9-21-15-20(5-7-24(21)33)16-26(34)35-19(3)4/h5-9,14-15,17-19,22H,10-13,16H2,1-4H3. The smallest absolute Gasteiger partial charge is 0.324 e. The van der Waals surface area contributed by atoms with E-state index >= 15 is 0 Å². The minimum absolute atomic E-state index is 0.113. The third-order valence-corrected chi connectivity index (χ3v) is 6.40. The molecule has 0 unspecified atom stereocenters. The average molecular weight is 504 g/mol. The van der Waals surface area contributed by atoms with Crippen LogP contribution in [0.3, 0.4) is 0 Å². The molecule has 9 heteroatoms. The monoisotopic (exact) mass is 503 g/mol. The minimum Gasteiger partial charge on any atom is -0.489 e. The molecule has 1 saturated heterocycles. The first-order valence-corrected chi connectivity index (χ1v) is 12.9. The number of carbonyl (C=O) groups is 1. The summed E-state index contributed by atoms with van der Waals surface area (Å²) in [4.78, 5) is 23.3. The number of nitrogens with zero attached hydrogens (tertiary/aromatic N) is 5. The molecule has 0 bridgehead atoms. The predicted octanol–water partition coefficient (Wildman–Crippen LogP) is 5.07. The van der Waals surface area contributed by atoms with Crippen LogP contribution in [0.1, 0.15) is 57.8 Å². The van der Waals surface area contributed by atoms with Gasteiger partial charge in [-0.05, 0) is 49.7 Å². The number of piperidine rings is 1. The van der Waals surface area contributed by atoms with Crippen molar-refractivity contribution < 1.29 is 18.8 Å². The maximum atomic E-state index is 12.0. The van der Waals surface area contributed by atoms with Gasteiger partial charge in [-0.3, -0.25) is 4.79 Å². The Balaban J connectivity index is 1.19. The Hall–Kier alpha value is -3.88. The number of anilines is 1. The van der Waals surface area contributed by atoms with Gasteiger partial charge in [-0.15, -0.1) is 0 Å². The molecule has 0 amide bonds. The summed E-state index contributed by atoms with van der Waals surface area (Å²) in [5.74, 6) is 2.33. The zero-order chi connectivity index (χ0) is 25.9. The highest BCUT2D eigenvalue weighted by Crippen LogP contribution is 2.25. The summed E-state index contributed by atoms with van der Waals surface area (Å²) >= 11 is 0. The van der Waals surface area contributed by atoms with E-state index in [-0.39, 0.29) is 30.5 Å². The molecule has 0 atom stereocenters. The lowest BCUT2D eigenvalue weighted by molar-refractivity contribution is -0.146. The third kappa shape index (κ3) is 5.76. The summed E-state index contributed by atoms with van der Waals surface area (Å²) in [6.07, 6.45) is 5.77.